The van der Waals surface area contributed by atoms with Gasteiger partial charge in [0.05, 0.1) is 5.54 Å². The molecule has 0 saturated heterocycles. The molecule has 0 unspecified atom stereocenters. The zero-order valence-electron chi connectivity index (χ0n) is 8.34. The van der Waals surface area contributed by atoms with Crippen LogP contribution in [0, 0.1) is 0 Å². The van der Waals surface area contributed by atoms with Crippen molar-refractivity contribution in [1.29, 1.82) is 0 Å². The number of carbonyl (C=O) groups is 1. The van der Waals surface area contributed by atoms with Crippen molar-refractivity contribution in [3.8, 4) is 0 Å². The minimum absolute atomic E-state index is 0.236. The maximum Gasteiger partial charge on any atom is 0.255 e. The van der Waals surface area contributed by atoms with Crippen LogP contribution in [-0.4, -0.2) is 15.7 Å². The number of aromatic nitrogens is 2. The van der Waals surface area contributed by atoms with Crippen molar-refractivity contribution in [1.82, 2.24) is 9.78 Å². The van der Waals surface area contributed by atoms with Gasteiger partial charge in [-0.3, -0.25) is 4.79 Å². The molecule has 0 saturated carbocycles. The highest BCUT2D eigenvalue weighted by Crippen LogP contribution is 2.26. The Labute approximate surface area is 90.6 Å². The molecule has 0 atom stereocenters. The topological polar surface area (TPSA) is 86.9 Å². The molecule has 0 aliphatic heterocycles. The first-order chi connectivity index (χ1) is 6.25. The van der Waals surface area contributed by atoms with E-state index in [9.17, 15) is 4.79 Å². The van der Waals surface area contributed by atoms with E-state index in [4.69, 9.17) is 11.5 Å². The molecule has 14 heavy (non-hydrogen) atoms. The van der Waals surface area contributed by atoms with E-state index in [0.717, 1.165) is 0 Å². The van der Waals surface area contributed by atoms with Gasteiger partial charge in [-0.2, -0.15) is 5.10 Å². The van der Waals surface area contributed by atoms with Crippen molar-refractivity contribution in [2.75, 3.05) is 5.73 Å². The number of halogens is 1. The van der Waals surface area contributed by atoms with Crippen LogP contribution < -0.4 is 11.5 Å². The van der Waals surface area contributed by atoms with E-state index < -0.39 is 5.91 Å². The number of carbonyl (C=O) groups excluding carboxylic acids is 1. The Hall–Kier alpha value is -1.04. The average Bonchev–Trinajstić information content (AvgIpc) is 2.24. The van der Waals surface area contributed by atoms with Gasteiger partial charge in [0.15, 0.2) is 0 Å². The van der Waals surface area contributed by atoms with Crippen LogP contribution in [0.15, 0.2) is 4.60 Å². The normalized spacial score (nSPS) is 11.7. The molecule has 5 nitrogen and oxygen atoms in total. The summed E-state index contributed by atoms with van der Waals surface area (Å²) in [4.78, 5) is 11.0. The van der Waals surface area contributed by atoms with E-state index in [-0.39, 0.29) is 16.9 Å². The lowest BCUT2D eigenvalue weighted by molar-refractivity contribution is 0.100. The number of hydrogen-bond acceptors (Lipinski definition) is 3. The number of amides is 1. The molecule has 0 spiro atoms. The van der Waals surface area contributed by atoms with Gasteiger partial charge in [-0.1, -0.05) is 0 Å². The maximum atomic E-state index is 11.0. The monoisotopic (exact) mass is 260 g/mol. The fraction of sp³-hybridized carbons (Fsp3) is 0.500. The SMILES string of the molecule is CC(C)(C)n1nc(Br)c(C(N)=O)c1N. The van der Waals surface area contributed by atoms with Crippen molar-refractivity contribution < 1.29 is 4.79 Å². The van der Waals surface area contributed by atoms with Crippen molar-refractivity contribution in [2.24, 2.45) is 5.73 Å². The number of nitrogens with two attached hydrogens (primary N) is 2. The zero-order valence-corrected chi connectivity index (χ0v) is 9.92. The minimum Gasteiger partial charge on any atom is -0.383 e. The lowest BCUT2D eigenvalue weighted by Gasteiger charge is -2.20. The molecule has 0 radical (unpaired) electrons. The molecular weight excluding hydrogens is 248 g/mol. The molecule has 4 N–H and O–H groups in total. The number of anilines is 1. The molecule has 0 bridgehead atoms. The van der Waals surface area contributed by atoms with Crippen LogP contribution in [0.5, 0.6) is 0 Å². The molecule has 0 aliphatic carbocycles. The summed E-state index contributed by atoms with van der Waals surface area (Å²) in [6.07, 6.45) is 0. The molecule has 0 aromatic carbocycles. The van der Waals surface area contributed by atoms with Crippen molar-refractivity contribution >= 4 is 27.7 Å². The van der Waals surface area contributed by atoms with Gasteiger partial charge in [-0.15, -0.1) is 0 Å². The summed E-state index contributed by atoms with van der Waals surface area (Å²) < 4.78 is 1.95. The van der Waals surface area contributed by atoms with Crippen molar-refractivity contribution in [3.05, 3.63) is 10.2 Å². The molecule has 1 heterocycles. The summed E-state index contributed by atoms with van der Waals surface area (Å²) in [5, 5.41) is 4.11. The standard InChI is InChI=1S/C8H13BrN4O/c1-8(2,3)13-6(10)4(7(11)14)5(9)12-13/h10H2,1-3H3,(H2,11,14). The van der Waals surface area contributed by atoms with Gasteiger partial charge in [0, 0.05) is 0 Å². The van der Waals surface area contributed by atoms with Crippen LogP contribution in [-0.2, 0) is 5.54 Å². The Morgan fingerprint density at radius 3 is 2.21 bits per heavy atom. The average molecular weight is 261 g/mol. The Kier molecular flexibility index (Phi) is 2.58. The number of primary amides is 1. The Morgan fingerprint density at radius 2 is 2.00 bits per heavy atom. The molecule has 1 aromatic rings. The van der Waals surface area contributed by atoms with E-state index in [1.165, 1.54) is 0 Å². The second-order valence-electron chi connectivity index (χ2n) is 4.00. The van der Waals surface area contributed by atoms with E-state index in [1.807, 2.05) is 20.8 Å². The molecule has 1 aromatic heterocycles. The van der Waals surface area contributed by atoms with E-state index in [0.29, 0.717) is 4.60 Å². The summed E-state index contributed by atoms with van der Waals surface area (Å²) in [6, 6.07) is 0. The Balaban J connectivity index is 3.39. The molecule has 1 rings (SSSR count). The lowest BCUT2D eigenvalue weighted by Crippen LogP contribution is -2.25. The van der Waals surface area contributed by atoms with Crippen molar-refractivity contribution in [3.63, 3.8) is 0 Å². The number of hydrogen-bond donors (Lipinski definition) is 2. The largest absolute Gasteiger partial charge is 0.383 e. The summed E-state index contributed by atoms with van der Waals surface area (Å²) in [5.41, 5.74) is 10.9. The van der Waals surface area contributed by atoms with Crippen LogP contribution in [0.25, 0.3) is 0 Å². The molecule has 78 valence electrons. The number of nitrogen functional groups attached to an aromatic ring is 1. The molecule has 0 aliphatic rings. The summed E-state index contributed by atoms with van der Waals surface area (Å²) in [7, 11) is 0. The van der Waals surface area contributed by atoms with Crippen LogP contribution in [0.4, 0.5) is 5.82 Å². The molecular formula is C8H13BrN4O. The van der Waals surface area contributed by atoms with Crippen LogP contribution in [0.1, 0.15) is 31.1 Å². The first kappa shape index (κ1) is 11.0. The third-order valence-electron chi connectivity index (χ3n) is 1.76. The first-order valence-corrected chi connectivity index (χ1v) is 4.88. The molecule has 1 amide bonds. The second kappa shape index (κ2) is 3.27. The third-order valence-corrected chi connectivity index (χ3v) is 2.32. The second-order valence-corrected chi connectivity index (χ2v) is 4.75. The maximum absolute atomic E-state index is 11.0. The molecule has 0 fully saturated rings. The van der Waals surface area contributed by atoms with Gasteiger partial charge in [0.2, 0.25) is 0 Å². The van der Waals surface area contributed by atoms with Gasteiger partial charge in [0.1, 0.15) is 16.0 Å². The van der Waals surface area contributed by atoms with Gasteiger partial charge < -0.3 is 11.5 Å². The van der Waals surface area contributed by atoms with Gasteiger partial charge in [-0.25, -0.2) is 4.68 Å². The highest BCUT2D eigenvalue weighted by atomic mass is 79.9. The number of nitrogens with zero attached hydrogens (tertiary/aromatic N) is 2. The lowest BCUT2D eigenvalue weighted by atomic mass is 10.1. The number of rotatable bonds is 1. The predicted molar refractivity (Wildman–Crippen MR) is 57.9 cm³/mol. The first-order valence-electron chi connectivity index (χ1n) is 4.09. The summed E-state index contributed by atoms with van der Waals surface area (Å²) >= 11 is 3.15. The predicted octanol–water partition coefficient (Wildman–Crippen LogP) is 1.08. The van der Waals surface area contributed by atoms with E-state index >= 15 is 0 Å². The van der Waals surface area contributed by atoms with Gasteiger partial charge in [0.25, 0.3) is 5.91 Å². The third kappa shape index (κ3) is 1.75. The van der Waals surface area contributed by atoms with E-state index in [1.54, 1.807) is 4.68 Å². The highest BCUT2D eigenvalue weighted by molar-refractivity contribution is 9.10. The fourth-order valence-electron chi connectivity index (χ4n) is 1.14. The molecule has 6 heteroatoms. The fourth-order valence-corrected chi connectivity index (χ4v) is 1.70. The van der Waals surface area contributed by atoms with Crippen LogP contribution in [0.2, 0.25) is 0 Å². The minimum atomic E-state index is -0.579. The van der Waals surface area contributed by atoms with E-state index in [2.05, 4.69) is 21.0 Å². The quantitative estimate of drug-likeness (QED) is 0.793. The zero-order chi connectivity index (χ0) is 11.1. The Bertz CT molecular complexity index is 377. The van der Waals surface area contributed by atoms with Crippen LogP contribution >= 0.6 is 15.9 Å². The Morgan fingerprint density at radius 1 is 1.50 bits per heavy atom. The summed E-state index contributed by atoms with van der Waals surface area (Å²) in [5.74, 6) is -0.290. The smallest absolute Gasteiger partial charge is 0.255 e. The van der Waals surface area contributed by atoms with Crippen molar-refractivity contribution in [2.45, 2.75) is 26.3 Å². The van der Waals surface area contributed by atoms with Gasteiger partial charge in [-0.05, 0) is 36.7 Å². The van der Waals surface area contributed by atoms with Gasteiger partial charge >= 0.3 is 0 Å². The van der Waals surface area contributed by atoms with Crippen LogP contribution in [0.3, 0.4) is 0 Å². The highest BCUT2D eigenvalue weighted by Gasteiger charge is 2.24. The summed E-state index contributed by atoms with van der Waals surface area (Å²) in [6.45, 7) is 5.81.